The average Bonchev–Trinajstić information content (AvgIpc) is 2.77. The van der Waals surface area contributed by atoms with Gasteiger partial charge in [0, 0.05) is 26.0 Å². The Morgan fingerprint density at radius 3 is 3.21 bits per heavy atom. The van der Waals surface area contributed by atoms with Gasteiger partial charge in [-0.15, -0.1) is 0 Å². The quantitative estimate of drug-likeness (QED) is 0.749. The number of carbonyl (C=O) groups is 1. The van der Waals surface area contributed by atoms with Crippen LogP contribution < -0.4 is 5.32 Å². The van der Waals surface area contributed by atoms with E-state index in [0.717, 1.165) is 12.8 Å². The Balaban J connectivity index is 1.97. The zero-order valence-corrected chi connectivity index (χ0v) is 8.06. The highest BCUT2D eigenvalue weighted by atomic mass is 16.5. The van der Waals surface area contributed by atoms with Crippen LogP contribution in [0.3, 0.4) is 0 Å². The van der Waals surface area contributed by atoms with E-state index in [0.29, 0.717) is 12.6 Å². The van der Waals surface area contributed by atoms with E-state index in [1.54, 1.807) is 17.0 Å². The normalized spacial score (nSPS) is 21.1. The first-order valence-corrected chi connectivity index (χ1v) is 4.67. The molecule has 0 radical (unpaired) electrons. The number of imidazole rings is 1. The summed E-state index contributed by atoms with van der Waals surface area (Å²) in [4.78, 5) is 15.6. The number of amides is 1. The molecular weight excluding hydrogens is 182 g/mol. The van der Waals surface area contributed by atoms with Gasteiger partial charge in [0.25, 0.3) is 5.91 Å². The summed E-state index contributed by atoms with van der Waals surface area (Å²) in [5, 5.41) is 2.72. The zero-order valence-electron chi connectivity index (χ0n) is 8.06. The molecule has 1 aromatic rings. The van der Waals surface area contributed by atoms with Crippen LogP contribution in [-0.2, 0) is 16.6 Å². The highest BCUT2D eigenvalue weighted by Gasteiger charge is 2.24. The molecule has 1 aliphatic rings. The molecule has 14 heavy (non-hydrogen) atoms. The van der Waals surface area contributed by atoms with Crippen molar-refractivity contribution >= 4 is 11.9 Å². The Bertz CT molecular complexity index is 329. The maximum atomic E-state index is 11.6. The Labute approximate surface area is 82.1 Å². The van der Waals surface area contributed by atoms with Gasteiger partial charge in [0.05, 0.1) is 0 Å². The van der Waals surface area contributed by atoms with E-state index in [-0.39, 0.29) is 12.0 Å². The molecule has 5 heteroatoms. The minimum atomic E-state index is -0.299. The second kappa shape index (κ2) is 3.79. The van der Waals surface area contributed by atoms with Crippen LogP contribution in [0.4, 0.5) is 5.95 Å². The van der Waals surface area contributed by atoms with Crippen molar-refractivity contribution in [3.63, 3.8) is 0 Å². The van der Waals surface area contributed by atoms with E-state index in [1.165, 1.54) is 0 Å². The first-order valence-electron chi connectivity index (χ1n) is 4.67. The number of rotatable bonds is 2. The number of aromatic nitrogens is 2. The molecule has 1 aliphatic heterocycles. The van der Waals surface area contributed by atoms with Crippen LogP contribution in [0, 0.1) is 0 Å². The highest BCUT2D eigenvalue weighted by Crippen LogP contribution is 2.13. The van der Waals surface area contributed by atoms with Gasteiger partial charge < -0.3 is 9.30 Å². The van der Waals surface area contributed by atoms with E-state index >= 15 is 0 Å². The molecule has 2 rings (SSSR count). The molecule has 1 unspecified atom stereocenters. The third-order valence-corrected chi connectivity index (χ3v) is 2.28. The second-order valence-corrected chi connectivity index (χ2v) is 3.35. The largest absolute Gasteiger partial charge is 0.368 e. The molecule has 1 fully saturated rings. The van der Waals surface area contributed by atoms with E-state index in [4.69, 9.17) is 4.74 Å². The summed E-state index contributed by atoms with van der Waals surface area (Å²) in [6.07, 6.45) is 4.89. The van der Waals surface area contributed by atoms with Gasteiger partial charge in [-0.1, -0.05) is 0 Å². The molecule has 1 aromatic heterocycles. The number of hydrogen-bond donors (Lipinski definition) is 1. The van der Waals surface area contributed by atoms with Crippen LogP contribution in [0.5, 0.6) is 0 Å². The molecule has 0 aliphatic carbocycles. The van der Waals surface area contributed by atoms with Gasteiger partial charge in [-0.3, -0.25) is 10.1 Å². The van der Waals surface area contributed by atoms with Crippen molar-refractivity contribution in [3.05, 3.63) is 12.4 Å². The Morgan fingerprint density at radius 2 is 2.64 bits per heavy atom. The van der Waals surface area contributed by atoms with Crippen molar-refractivity contribution in [2.45, 2.75) is 18.9 Å². The first-order chi connectivity index (χ1) is 6.77. The smallest absolute Gasteiger partial charge is 0.255 e. The van der Waals surface area contributed by atoms with E-state index < -0.39 is 0 Å². The zero-order chi connectivity index (χ0) is 9.97. The Hall–Kier alpha value is -1.36. The van der Waals surface area contributed by atoms with E-state index in [2.05, 4.69) is 10.3 Å². The fraction of sp³-hybridized carbons (Fsp3) is 0.556. The van der Waals surface area contributed by atoms with Crippen molar-refractivity contribution in [2.75, 3.05) is 11.9 Å². The van der Waals surface area contributed by atoms with Crippen LogP contribution >= 0.6 is 0 Å². The number of nitrogens with zero attached hydrogens (tertiary/aromatic N) is 2. The lowest BCUT2D eigenvalue weighted by atomic mass is 10.2. The Morgan fingerprint density at radius 1 is 1.79 bits per heavy atom. The molecule has 0 aromatic carbocycles. The van der Waals surface area contributed by atoms with Gasteiger partial charge >= 0.3 is 0 Å². The summed E-state index contributed by atoms with van der Waals surface area (Å²) < 4.78 is 7.01. The molecule has 0 spiro atoms. The van der Waals surface area contributed by atoms with Crippen molar-refractivity contribution in [1.82, 2.24) is 9.55 Å². The number of anilines is 1. The SMILES string of the molecule is Cn1ccnc1NC(=O)C1CCCO1. The molecule has 1 atom stereocenters. The van der Waals surface area contributed by atoms with Crippen molar-refractivity contribution in [3.8, 4) is 0 Å². The molecule has 1 N–H and O–H groups in total. The first kappa shape index (κ1) is 9.21. The average molecular weight is 195 g/mol. The Kier molecular flexibility index (Phi) is 2.49. The number of hydrogen-bond acceptors (Lipinski definition) is 3. The van der Waals surface area contributed by atoms with Crippen LogP contribution in [0.15, 0.2) is 12.4 Å². The van der Waals surface area contributed by atoms with Crippen LogP contribution in [0.25, 0.3) is 0 Å². The molecule has 2 heterocycles. The molecule has 76 valence electrons. The summed E-state index contributed by atoms with van der Waals surface area (Å²) >= 11 is 0. The van der Waals surface area contributed by atoms with E-state index in [9.17, 15) is 4.79 Å². The maximum Gasteiger partial charge on any atom is 0.255 e. The lowest BCUT2D eigenvalue weighted by Gasteiger charge is -2.09. The molecular formula is C9H13N3O2. The third kappa shape index (κ3) is 1.77. The summed E-state index contributed by atoms with van der Waals surface area (Å²) in [7, 11) is 1.83. The second-order valence-electron chi connectivity index (χ2n) is 3.35. The minimum absolute atomic E-state index is 0.100. The summed E-state index contributed by atoms with van der Waals surface area (Å²) in [5.41, 5.74) is 0. The van der Waals surface area contributed by atoms with Gasteiger partial charge in [-0.25, -0.2) is 4.98 Å². The van der Waals surface area contributed by atoms with Crippen molar-refractivity contribution in [2.24, 2.45) is 7.05 Å². The number of carbonyl (C=O) groups excluding carboxylic acids is 1. The predicted octanol–water partition coefficient (Wildman–Crippen LogP) is 0.538. The summed E-state index contributed by atoms with van der Waals surface area (Å²) in [6.45, 7) is 0.679. The van der Waals surface area contributed by atoms with Gasteiger partial charge in [-0.05, 0) is 12.8 Å². The standard InChI is InChI=1S/C9H13N3O2/c1-12-5-4-10-9(12)11-8(13)7-3-2-6-14-7/h4-5,7H,2-3,6H2,1H3,(H,10,11,13). The predicted molar refractivity (Wildman–Crippen MR) is 50.8 cm³/mol. The molecule has 1 saturated heterocycles. The highest BCUT2D eigenvalue weighted by molar-refractivity contribution is 5.92. The molecule has 0 bridgehead atoms. The van der Waals surface area contributed by atoms with Gasteiger partial charge in [-0.2, -0.15) is 0 Å². The fourth-order valence-electron chi connectivity index (χ4n) is 1.46. The topological polar surface area (TPSA) is 56.2 Å². The van der Waals surface area contributed by atoms with Crippen LogP contribution in [0.1, 0.15) is 12.8 Å². The van der Waals surface area contributed by atoms with Crippen molar-refractivity contribution in [1.29, 1.82) is 0 Å². The van der Waals surface area contributed by atoms with Gasteiger partial charge in [0.1, 0.15) is 6.10 Å². The number of ether oxygens (including phenoxy) is 1. The number of aryl methyl sites for hydroxylation is 1. The monoisotopic (exact) mass is 195 g/mol. The van der Waals surface area contributed by atoms with Crippen molar-refractivity contribution < 1.29 is 9.53 Å². The molecule has 5 nitrogen and oxygen atoms in total. The summed E-state index contributed by atoms with van der Waals surface area (Å²) in [5.74, 6) is 0.460. The molecule has 0 saturated carbocycles. The summed E-state index contributed by atoms with van der Waals surface area (Å²) in [6, 6.07) is 0. The van der Waals surface area contributed by atoms with Crippen LogP contribution in [0.2, 0.25) is 0 Å². The maximum absolute atomic E-state index is 11.6. The fourth-order valence-corrected chi connectivity index (χ4v) is 1.46. The van der Waals surface area contributed by atoms with E-state index in [1.807, 2.05) is 7.05 Å². The van der Waals surface area contributed by atoms with Crippen LogP contribution in [-0.4, -0.2) is 28.2 Å². The number of nitrogens with one attached hydrogen (secondary N) is 1. The third-order valence-electron chi connectivity index (χ3n) is 2.28. The lowest BCUT2D eigenvalue weighted by Crippen LogP contribution is -2.28. The van der Waals surface area contributed by atoms with Gasteiger partial charge in [0.15, 0.2) is 0 Å². The lowest BCUT2D eigenvalue weighted by molar-refractivity contribution is -0.124. The minimum Gasteiger partial charge on any atom is -0.368 e. The molecule has 1 amide bonds. The van der Waals surface area contributed by atoms with Gasteiger partial charge in [0.2, 0.25) is 5.95 Å².